The van der Waals surface area contributed by atoms with Crippen molar-refractivity contribution in [3.05, 3.63) is 21.9 Å². The molecule has 0 unspecified atom stereocenters. The number of aryl methyl sites for hydroxylation is 1. The van der Waals surface area contributed by atoms with Crippen LogP contribution in [0.25, 0.3) is 0 Å². The molecule has 0 aliphatic heterocycles. The Labute approximate surface area is 76.3 Å². The van der Waals surface area contributed by atoms with Gasteiger partial charge in [0, 0.05) is 4.88 Å². The number of thiophene rings is 1. The topological polar surface area (TPSA) is 60.2 Å². The van der Waals surface area contributed by atoms with Crippen molar-refractivity contribution >= 4 is 21.4 Å². The fourth-order valence-corrected chi connectivity index (χ4v) is 3.07. The molecule has 2 N–H and O–H groups in total. The Kier molecular flexibility index (Phi) is 2.87. The lowest BCUT2D eigenvalue weighted by atomic mass is 10.2. The highest BCUT2D eigenvalue weighted by molar-refractivity contribution is 7.88. The summed E-state index contributed by atoms with van der Waals surface area (Å²) in [6, 6.07) is 1.94. The van der Waals surface area contributed by atoms with Crippen molar-refractivity contribution in [2.24, 2.45) is 5.14 Å². The first-order valence-corrected chi connectivity index (χ1v) is 6.18. The number of hydrogen-bond acceptors (Lipinski definition) is 3. The van der Waals surface area contributed by atoms with Crippen molar-refractivity contribution in [2.45, 2.75) is 19.1 Å². The zero-order valence-corrected chi connectivity index (χ0v) is 8.41. The number of nitrogens with two attached hydrogens (primary N) is 1. The van der Waals surface area contributed by atoms with Gasteiger partial charge >= 0.3 is 0 Å². The molecule has 0 aliphatic carbocycles. The molecule has 0 fully saturated rings. The molecule has 0 bridgehead atoms. The van der Waals surface area contributed by atoms with Gasteiger partial charge in [0.15, 0.2) is 0 Å². The molecule has 0 radical (unpaired) electrons. The van der Waals surface area contributed by atoms with Crippen molar-refractivity contribution in [2.75, 3.05) is 0 Å². The van der Waals surface area contributed by atoms with E-state index >= 15 is 0 Å². The van der Waals surface area contributed by atoms with Gasteiger partial charge in [0.1, 0.15) is 0 Å². The molecular formula is C7H11NO2S2. The Morgan fingerprint density at radius 3 is 2.75 bits per heavy atom. The van der Waals surface area contributed by atoms with Crippen molar-refractivity contribution in [3.8, 4) is 0 Å². The lowest BCUT2D eigenvalue weighted by Gasteiger charge is -1.98. The van der Waals surface area contributed by atoms with Gasteiger partial charge in [-0.15, -0.1) is 11.3 Å². The van der Waals surface area contributed by atoms with Crippen LogP contribution < -0.4 is 5.14 Å². The second-order valence-electron chi connectivity index (χ2n) is 2.53. The van der Waals surface area contributed by atoms with Gasteiger partial charge in [-0.2, -0.15) is 0 Å². The van der Waals surface area contributed by atoms with Crippen LogP contribution in [0.15, 0.2) is 11.4 Å². The molecular weight excluding hydrogens is 194 g/mol. The van der Waals surface area contributed by atoms with E-state index in [1.165, 1.54) is 11.3 Å². The summed E-state index contributed by atoms with van der Waals surface area (Å²) in [4.78, 5) is 0.861. The van der Waals surface area contributed by atoms with Gasteiger partial charge in [0.2, 0.25) is 10.0 Å². The molecule has 0 saturated heterocycles. The highest BCUT2D eigenvalue weighted by Crippen LogP contribution is 2.18. The number of hydrogen-bond donors (Lipinski definition) is 1. The van der Waals surface area contributed by atoms with Crippen molar-refractivity contribution in [1.29, 1.82) is 0 Å². The Morgan fingerprint density at radius 2 is 2.25 bits per heavy atom. The lowest BCUT2D eigenvalue weighted by molar-refractivity contribution is 0.597. The molecule has 0 saturated carbocycles. The summed E-state index contributed by atoms with van der Waals surface area (Å²) in [5.41, 5.74) is 1.08. The SMILES string of the molecule is CCc1ccsc1CS(N)(=O)=O. The van der Waals surface area contributed by atoms with E-state index in [1.54, 1.807) is 0 Å². The zero-order valence-electron chi connectivity index (χ0n) is 6.78. The molecule has 5 heteroatoms. The summed E-state index contributed by atoms with van der Waals surface area (Å²) in [6.45, 7) is 1.99. The largest absolute Gasteiger partial charge is 0.228 e. The number of primary sulfonamides is 1. The minimum atomic E-state index is -3.37. The van der Waals surface area contributed by atoms with E-state index in [-0.39, 0.29) is 5.75 Å². The number of sulfonamides is 1. The summed E-state index contributed by atoms with van der Waals surface area (Å²) in [6.07, 6.45) is 0.856. The molecule has 1 rings (SSSR count). The van der Waals surface area contributed by atoms with Gasteiger partial charge in [-0.1, -0.05) is 6.92 Å². The molecule has 3 nitrogen and oxygen atoms in total. The van der Waals surface area contributed by atoms with E-state index in [0.717, 1.165) is 16.9 Å². The van der Waals surface area contributed by atoms with Crippen molar-refractivity contribution in [1.82, 2.24) is 0 Å². The Balaban J connectivity index is 2.89. The monoisotopic (exact) mass is 205 g/mol. The third-order valence-electron chi connectivity index (χ3n) is 1.55. The summed E-state index contributed by atoms with van der Waals surface area (Å²) in [5.74, 6) is -0.0339. The third-order valence-corrected chi connectivity index (χ3v) is 3.39. The van der Waals surface area contributed by atoms with Crippen LogP contribution in [0.5, 0.6) is 0 Å². The van der Waals surface area contributed by atoms with E-state index in [2.05, 4.69) is 0 Å². The van der Waals surface area contributed by atoms with E-state index in [1.807, 2.05) is 18.4 Å². The van der Waals surface area contributed by atoms with Crippen LogP contribution in [-0.2, 0) is 22.2 Å². The highest BCUT2D eigenvalue weighted by Gasteiger charge is 2.09. The fourth-order valence-electron chi connectivity index (χ4n) is 0.991. The molecule has 0 aliphatic rings. The predicted molar refractivity (Wildman–Crippen MR) is 50.5 cm³/mol. The second kappa shape index (κ2) is 3.55. The summed E-state index contributed by atoms with van der Waals surface area (Å²) < 4.78 is 21.5. The molecule has 1 aromatic rings. The van der Waals surface area contributed by atoms with E-state index < -0.39 is 10.0 Å². The Morgan fingerprint density at radius 1 is 1.58 bits per heavy atom. The zero-order chi connectivity index (χ0) is 9.19. The molecule has 0 spiro atoms. The van der Waals surface area contributed by atoms with Crippen LogP contribution >= 0.6 is 11.3 Å². The van der Waals surface area contributed by atoms with Gasteiger partial charge in [-0.05, 0) is 23.4 Å². The standard InChI is InChI=1S/C7H11NO2S2/c1-2-6-3-4-11-7(6)5-12(8,9)10/h3-4H,2,5H2,1H3,(H2,8,9,10). The van der Waals surface area contributed by atoms with Crippen LogP contribution in [0.2, 0.25) is 0 Å². The summed E-state index contributed by atoms with van der Waals surface area (Å²) in [7, 11) is -3.37. The molecule has 1 heterocycles. The van der Waals surface area contributed by atoms with Gasteiger partial charge in [0.25, 0.3) is 0 Å². The maximum Gasteiger partial charge on any atom is 0.214 e. The van der Waals surface area contributed by atoms with Crippen molar-refractivity contribution < 1.29 is 8.42 Å². The molecule has 12 heavy (non-hydrogen) atoms. The third kappa shape index (κ3) is 2.58. The Bertz CT molecular complexity index is 353. The van der Waals surface area contributed by atoms with Gasteiger partial charge in [-0.3, -0.25) is 0 Å². The fraction of sp³-hybridized carbons (Fsp3) is 0.429. The van der Waals surface area contributed by atoms with Crippen molar-refractivity contribution in [3.63, 3.8) is 0 Å². The van der Waals surface area contributed by atoms with Crippen LogP contribution in [0.1, 0.15) is 17.4 Å². The lowest BCUT2D eigenvalue weighted by Crippen LogP contribution is -2.14. The maximum atomic E-state index is 10.8. The smallest absolute Gasteiger partial charge is 0.214 e. The average molecular weight is 205 g/mol. The van der Waals surface area contributed by atoms with Gasteiger partial charge < -0.3 is 0 Å². The number of rotatable bonds is 3. The average Bonchev–Trinajstić information content (AvgIpc) is 2.31. The van der Waals surface area contributed by atoms with Gasteiger partial charge in [0.05, 0.1) is 5.75 Å². The summed E-state index contributed by atoms with van der Waals surface area (Å²) in [5, 5.41) is 6.82. The normalized spacial score (nSPS) is 11.8. The quantitative estimate of drug-likeness (QED) is 0.803. The molecule has 0 aromatic carbocycles. The minimum Gasteiger partial charge on any atom is -0.228 e. The minimum absolute atomic E-state index is 0.0339. The van der Waals surface area contributed by atoms with E-state index in [4.69, 9.17) is 5.14 Å². The van der Waals surface area contributed by atoms with E-state index in [9.17, 15) is 8.42 Å². The first kappa shape index (κ1) is 9.70. The molecule has 68 valence electrons. The van der Waals surface area contributed by atoms with Crippen LogP contribution in [-0.4, -0.2) is 8.42 Å². The molecule has 0 amide bonds. The maximum absolute atomic E-state index is 10.8. The van der Waals surface area contributed by atoms with Crippen LogP contribution in [0, 0.1) is 0 Å². The highest BCUT2D eigenvalue weighted by atomic mass is 32.2. The predicted octanol–water partition coefficient (Wildman–Crippen LogP) is 1.10. The van der Waals surface area contributed by atoms with E-state index in [0.29, 0.717) is 0 Å². The first-order valence-electron chi connectivity index (χ1n) is 3.58. The summed E-state index contributed by atoms with van der Waals surface area (Å²) >= 11 is 1.44. The van der Waals surface area contributed by atoms with Gasteiger partial charge in [-0.25, -0.2) is 13.6 Å². The molecule has 1 aromatic heterocycles. The second-order valence-corrected chi connectivity index (χ2v) is 5.14. The van der Waals surface area contributed by atoms with Crippen LogP contribution in [0.3, 0.4) is 0 Å². The molecule has 0 atom stereocenters. The Hall–Kier alpha value is -0.390. The first-order chi connectivity index (χ1) is 5.53. The van der Waals surface area contributed by atoms with Crippen LogP contribution in [0.4, 0.5) is 0 Å².